The molecule has 0 amide bonds. The van der Waals surface area contributed by atoms with Crippen molar-refractivity contribution < 1.29 is 0 Å². The van der Waals surface area contributed by atoms with Crippen LogP contribution in [0.3, 0.4) is 0 Å². The van der Waals surface area contributed by atoms with Crippen molar-refractivity contribution in [3.05, 3.63) is 30.2 Å². The summed E-state index contributed by atoms with van der Waals surface area (Å²) in [6.07, 6.45) is 4.05. The summed E-state index contributed by atoms with van der Waals surface area (Å²) in [5.41, 5.74) is 3.88. The molecular formula is C10H17N. The molecule has 0 aromatic carbocycles. The van der Waals surface area contributed by atoms with Crippen LogP contribution in [-0.2, 0) is 0 Å². The van der Waals surface area contributed by atoms with E-state index in [1.807, 2.05) is 19.2 Å². The summed E-state index contributed by atoms with van der Waals surface area (Å²) in [5.74, 6) is 0. The zero-order chi connectivity index (χ0) is 8.85. The second-order valence-corrected chi connectivity index (χ2v) is 2.93. The van der Waals surface area contributed by atoms with E-state index in [1.165, 1.54) is 0 Å². The van der Waals surface area contributed by atoms with Crippen LogP contribution in [0, 0.1) is 0 Å². The highest BCUT2D eigenvalue weighted by Gasteiger charge is 1.94. The van der Waals surface area contributed by atoms with Gasteiger partial charge < -0.3 is 4.90 Å². The Morgan fingerprint density at radius 2 is 2.09 bits per heavy atom. The summed E-state index contributed by atoms with van der Waals surface area (Å²) in [6.45, 7) is 9.84. The average Bonchev–Trinajstić information content (AvgIpc) is 1.99. The topological polar surface area (TPSA) is 3.24 Å². The first-order valence-corrected chi connectivity index (χ1v) is 3.84. The summed E-state index contributed by atoms with van der Waals surface area (Å²) >= 11 is 0. The molecule has 0 aliphatic heterocycles. The standard InChI is InChI=1S/C10H17N/c1-6-10(4)7-8-11(5)9(2)3/h7-9H,1H2,2-5H3/b8-7-. The van der Waals surface area contributed by atoms with Crippen LogP contribution >= 0.6 is 0 Å². The highest BCUT2D eigenvalue weighted by molar-refractivity contribution is 5.13. The molecule has 0 saturated carbocycles. The molecular weight excluding hydrogens is 134 g/mol. The second kappa shape index (κ2) is 4.81. The van der Waals surface area contributed by atoms with Gasteiger partial charge in [0.1, 0.15) is 0 Å². The Hall–Kier alpha value is -0.940. The fraction of sp³-hybridized carbons (Fsp3) is 0.500. The molecule has 0 aliphatic rings. The first kappa shape index (κ1) is 10.1. The van der Waals surface area contributed by atoms with E-state index in [1.54, 1.807) is 0 Å². The van der Waals surface area contributed by atoms with E-state index in [-0.39, 0.29) is 0 Å². The molecule has 0 aromatic rings. The van der Waals surface area contributed by atoms with E-state index in [2.05, 4.69) is 38.1 Å². The van der Waals surface area contributed by atoms with Crippen LogP contribution in [-0.4, -0.2) is 18.0 Å². The van der Waals surface area contributed by atoms with Crippen LogP contribution < -0.4 is 0 Å². The maximum atomic E-state index is 3.55. The van der Waals surface area contributed by atoms with Crippen molar-refractivity contribution >= 4 is 0 Å². The van der Waals surface area contributed by atoms with Gasteiger partial charge in [-0.25, -0.2) is 0 Å². The first-order valence-electron chi connectivity index (χ1n) is 3.84. The minimum atomic E-state index is 0.545. The summed E-state index contributed by atoms with van der Waals surface area (Å²) < 4.78 is 0. The van der Waals surface area contributed by atoms with Crippen molar-refractivity contribution in [2.45, 2.75) is 26.8 Å². The molecule has 0 aliphatic carbocycles. The molecule has 0 radical (unpaired) electrons. The lowest BCUT2D eigenvalue weighted by Gasteiger charge is -2.18. The Bertz CT molecular complexity index is 183. The van der Waals surface area contributed by atoms with E-state index < -0.39 is 0 Å². The van der Waals surface area contributed by atoms with Crippen molar-refractivity contribution in [3.8, 4) is 0 Å². The largest absolute Gasteiger partial charge is 0.378 e. The Morgan fingerprint density at radius 1 is 1.55 bits per heavy atom. The number of hydrogen-bond donors (Lipinski definition) is 0. The van der Waals surface area contributed by atoms with Gasteiger partial charge >= 0.3 is 0 Å². The molecule has 11 heavy (non-hydrogen) atoms. The van der Waals surface area contributed by atoms with E-state index in [4.69, 9.17) is 0 Å². The normalized spacial score (nSPS) is 10.3. The Kier molecular flexibility index (Phi) is 4.40. The molecule has 62 valence electrons. The molecule has 1 heteroatoms. The number of hydrogen-bond acceptors (Lipinski definition) is 1. The average molecular weight is 151 g/mol. The number of nitrogens with zero attached hydrogens (tertiary/aromatic N) is 1. The van der Waals surface area contributed by atoms with Gasteiger partial charge in [0.2, 0.25) is 0 Å². The Labute approximate surface area is 69.7 Å². The predicted octanol–water partition coefficient (Wildman–Crippen LogP) is 2.57. The van der Waals surface area contributed by atoms with Crippen molar-refractivity contribution in [1.82, 2.24) is 4.90 Å². The van der Waals surface area contributed by atoms with Crippen molar-refractivity contribution in [2.24, 2.45) is 0 Å². The summed E-state index contributed by atoms with van der Waals surface area (Å²) in [5, 5.41) is 0. The van der Waals surface area contributed by atoms with Gasteiger partial charge in [0.05, 0.1) is 0 Å². The van der Waals surface area contributed by atoms with Gasteiger partial charge in [-0.3, -0.25) is 0 Å². The van der Waals surface area contributed by atoms with Crippen molar-refractivity contribution in [2.75, 3.05) is 7.05 Å². The van der Waals surface area contributed by atoms with E-state index in [0.29, 0.717) is 6.04 Å². The summed E-state index contributed by atoms with van der Waals surface area (Å²) in [7, 11) is 2.05. The van der Waals surface area contributed by atoms with Gasteiger partial charge in [-0.05, 0) is 38.6 Å². The molecule has 0 fully saturated rings. The molecule has 0 unspecified atom stereocenters. The molecule has 1 nitrogen and oxygen atoms in total. The van der Waals surface area contributed by atoms with E-state index >= 15 is 0 Å². The molecule has 0 aromatic heterocycles. The molecule has 0 N–H and O–H groups in total. The van der Waals surface area contributed by atoms with Crippen molar-refractivity contribution in [1.29, 1.82) is 0 Å². The SMILES string of the molecule is C=C=C(C)/C=C\N(C)C(C)C. The van der Waals surface area contributed by atoms with E-state index in [0.717, 1.165) is 5.57 Å². The first-order chi connectivity index (χ1) is 5.07. The molecule has 0 heterocycles. The quantitative estimate of drug-likeness (QED) is 0.442. The third-order valence-corrected chi connectivity index (χ3v) is 1.65. The molecule has 0 atom stereocenters. The third-order valence-electron chi connectivity index (χ3n) is 1.65. The van der Waals surface area contributed by atoms with Crippen molar-refractivity contribution in [3.63, 3.8) is 0 Å². The van der Waals surface area contributed by atoms with Crippen LogP contribution in [0.4, 0.5) is 0 Å². The minimum absolute atomic E-state index is 0.545. The lowest BCUT2D eigenvalue weighted by molar-refractivity contribution is 0.375. The smallest absolute Gasteiger partial charge is 0.0224 e. The fourth-order valence-corrected chi connectivity index (χ4v) is 0.460. The maximum Gasteiger partial charge on any atom is 0.0224 e. The maximum absolute atomic E-state index is 3.55. The number of allylic oxidation sites excluding steroid dienone is 2. The fourth-order valence-electron chi connectivity index (χ4n) is 0.460. The van der Waals surface area contributed by atoms with Gasteiger partial charge in [0.15, 0.2) is 0 Å². The van der Waals surface area contributed by atoms with Gasteiger partial charge in [0, 0.05) is 13.1 Å². The molecule has 0 bridgehead atoms. The molecule has 0 saturated heterocycles. The lowest BCUT2D eigenvalue weighted by atomic mass is 10.3. The minimum Gasteiger partial charge on any atom is -0.378 e. The zero-order valence-corrected chi connectivity index (χ0v) is 7.89. The van der Waals surface area contributed by atoms with Gasteiger partial charge in [-0.1, -0.05) is 6.58 Å². The van der Waals surface area contributed by atoms with Gasteiger partial charge in [-0.15, -0.1) is 5.73 Å². The summed E-state index contributed by atoms with van der Waals surface area (Å²) in [4.78, 5) is 2.14. The Balaban J connectivity index is 4.03. The second-order valence-electron chi connectivity index (χ2n) is 2.93. The van der Waals surface area contributed by atoms with Gasteiger partial charge in [0.25, 0.3) is 0 Å². The van der Waals surface area contributed by atoms with Crippen LogP contribution in [0.1, 0.15) is 20.8 Å². The Morgan fingerprint density at radius 3 is 2.45 bits per heavy atom. The lowest BCUT2D eigenvalue weighted by Crippen LogP contribution is -2.19. The van der Waals surface area contributed by atoms with Gasteiger partial charge in [-0.2, -0.15) is 0 Å². The zero-order valence-electron chi connectivity index (χ0n) is 7.89. The van der Waals surface area contributed by atoms with E-state index in [9.17, 15) is 0 Å². The van der Waals surface area contributed by atoms with Crippen LogP contribution in [0.5, 0.6) is 0 Å². The van der Waals surface area contributed by atoms with Crippen LogP contribution in [0.15, 0.2) is 30.2 Å². The van der Waals surface area contributed by atoms with Crippen LogP contribution in [0.25, 0.3) is 0 Å². The molecule has 0 spiro atoms. The summed E-state index contributed by atoms with van der Waals surface area (Å²) in [6, 6.07) is 0.545. The monoisotopic (exact) mass is 151 g/mol. The number of rotatable bonds is 3. The highest BCUT2D eigenvalue weighted by Crippen LogP contribution is 1.97. The predicted molar refractivity (Wildman–Crippen MR) is 50.4 cm³/mol. The molecule has 0 rings (SSSR count). The third kappa shape index (κ3) is 4.46. The van der Waals surface area contributed by atoms with Crippen LogP contribution in [0.2, 0.25) is 0 Å². The highest BCUT2D eigenvalue weighted by atomic mass is 15.1.